The first-order valence-corrected chi connectivity index (χ1v) is 9.85. The van der Waals surface area contributed by atoms with E-state index in [-0.39, 0.29) is 17.2 Å². The van der Waals surface area contributed by atoms with Gasteiger partial charge in [0.25, 0.3) is 0 Å². The highest BCUT2D eigenvalue weighted by Gasteiger charge is 2.66. The molecular weight excluding hydrogens is 374 g/mol. The first kappa shape index (κ1) is 16.9. The lowest BCUT2D eigenvalue weighted by Gasteiger charge is -2.43. The third-order valence-electron chi connectivity index (χ3n) is 7.19. The molecular formula is C22H18F2N4O. The van der Waals surface area contributed by atoms with E-state index in [4.69, 9.17) is 4.74 Å². The number of halogens is 2. The van der Waals surface area contributed by atoms with Crippen LogP contribution in [0.25, 0.3) is 11.3 Å². The van der Waals surface area contributed by atoms with E-state index in [0.29, 0.717) is 23.5 Å². The van der Waals surface area contributed by atoms with Crippen molar-refractivity contribution in [3.63, 3.8) is 0 Å². The number of aromatic nitrogens is 4. The van der Waals surface area contributed by atoms with Crippen LogP contribution in [0.1, 0.15) is 36.9 Å². The van der Waals surface area contributed by atoms with Gasteiger partial charge < -0.3 is 4.74 Å². The van der Waals surface area contributed by atoms with Gasteiger partial charge in [0, 0.05) is 5.92 Å². The van der Waals surface area contributed by atoms with E-state index in [1.807, 2.05) is 6.07 Å². The Morgan fingerprint density at radius 3 is 2.59 bits per heavy atom. The summed E-state index contributed by atoms with van der Waals surface area (Å²) in [6.45, 7) is 2.20. The van der Waals surface area contributed by atoms with Gasteiger partial charge in [0.15, 0.2) is 11.4 Å². The third-order valence-corrected chi connectivity index (χ3v) is 7.19. The molecule has 2 fully saturated rings. The number of hydrogen-bond donors (Lipinski definition) is 0. The SMILES string of the molecule is CC1C2C[C@@H]3c4cc(-c5c(F)cccc5F)nnc4[C@@]1(Oc1cncnc1)CC23. The van der Waals surface area contributed by atoms with Crippen molar-refractivity contribution in [3.8, 4) is 17.0 Å². The van der Waals surface area contributed by atoms with E-state index in [9.17, 15) is 8.78 Å². The van der Waals surface area contributed by atoms with Crippen LogP contribution in [-0.2, 0) is 5.60 Å². The van der Waals surface area contributed by atoms with Crippen molar-refractivity contribution in [2.45, 2.75) is 31.3 Å². The first-order valence-electron chi connectivity index (χ1n) is 9.85. The summed E-state index contributed by atoms with van der Waals surface area (Å²) in [6, 6.07) is 5.65. The monoisotopic (exact) mass is 392 g/mol. The van der Waals surface area contributed by atoms with Crippen molar-refractivity contribution in [3.05, 3.63) is 65.9 Å². The quantitative estimate of drug-likeness (QED) is 0.667. The minimum Gasteiger partial charge on any atom is -0.477 e. The fourth-order valence-electron chi connectivity index (χ4n) is 5.78. The lowest BCUT2D eigenvalue weighted by Crippen LogP contribution is -2.40. The van der Waals surface area contributed by atoms with E-state index in [0.717, 1.165) is 24.1 Å². The third kappa shape index (κ3) is 2.18. The Bertz CT molecular complexity index is 1100. The standard InChI is InChI=1S/C22H18F2N4O/c1-11-13-5-14-15-6-19(20-17(23)3-2-4-18(20)24)27-28-21(15)22(11,7-16(13)14)29-12-8-25-10-26-9-12/h2-4,6,8-11,13-14,16H,5,7H2,1H3/t11?,13?,14-,16?,22-/m1/s1. The van der Waals surface area contributed by atoms with Crippen molar-refractivity contribution in [1.82, 2.24) is 20.2 Å². The van der Waals surface area contributed by atoms with Crippen molar-refractivity contribution < 1.29 is 13.5 Å². The van der Waals surface area contributed by atoms with Gasteiger partial charge in [0.2, 0.25) is 0 Å². The Morgan fingerprint density at radius 1 is 1.07 bits per heavy atom. The zero-order valence-corrected chi connectivity index (χ0v) is 15.7. The van der Waals surface area contributed by atoms with Gasteiger partial charge in [-0.2, -0.15) is 5.10 Å². The Balaban J connectivity index is 1.51. The van der Waals surface area contributed by atoms with Crippen LogP contribution in [0.3, 0.4) is 0 Å². The summed E-state index contributed by atoms with van der Waals surface area (Å²) in [5, 5.41) is 8.74. The van der Waals surface area contributed by atoms with Crippen LogP contribution < -0.4 is 4.74 Å². The summed E-state index contributed by atoms with van der Waals surface area (Å²) >= 11 is 0. The minimum absolute atomic E-state index is 0.129. The fourth-order valence-corrected chi connectivity index (χ4v) is 5.78. The normalized spacial score (nSPS) is 31.1. The van der Waals surface area contributed by atoms with Gasteiger partial charge in [0.05, 0.1) is 23.7 Å². The largest absolute Gasteiger partial charge is 0.477 e. The lowest BCUT2D eigenvalue weighted by atomic mass is 9.61. The van der Waals surface area contributed by atoms with Gasteiger partial charge in [-0.3, -0.25) is 0 Å². The molecule has 146 valence electrons. The second-order valence-electron chi connectivity index (χ2n) is 8.36. The molecule has 3 aliphatic rings. The summed E-state index contributed by atoms with van der Waals surface area (Å²) in [7, 11) is 0. The van der Waals surface area contributed by atoms with Crippen molar-refractivity contribution in [2.24, 2.45) is 17.8 Å². The zero-order valence-electron chi connectivity index (χ0n) is 15.7. The second-order valence-corrected chi connectivity index (χ2v) is 8.36. The van der Waals surface area contributed by atoms with Crippen molar-refractivity contribution >= 4 is 0 Å². The average molecular weight is 392 g/mol. The Kier molecular flexibility index (Phi) is 3.38. The van der Waals surface area contributed by atoms with E-state index in [1.54, 1.807) is 12.4 Å². The van der Waals surface area contributed by atoms with Gasteiger partial charge in [0.1, 0.15) is 23.7 Å². The highest BCUT2D eigenvalue weighted by atomic mass is 19.1. The highest BCUT2D eigenvalue weighted by Crippen LogP contribution is 2.69. The second kappa shape index (κ2) is 5.78. The van der Waals surface area contributed by atoms with E-state index in [2.05, 4.69) is 27.1 Å². The topological polar surface area (TPSA) is 60.8 Å². The molecule has 2 heterocycles. The molecule has 3 aromatic rings. The number of hydrogen-bond acceptors (Lipinski definition) is 5. The Hall–Kier alpha value is -2.96. The number of rotatable bonds is 3. The zero-order chi connectivity index (χ0) is 19.8. The molecule has 0 aliphatic heterocycles. The van der Waals surface area contributed by atoms with Crippen molar-refractivity contribution in [1.29, 1.82) is 0 Å². The maximum Gasteiger partial charge on any atom is 0.157 e. The molecule has 2 saturated carbocycles. The molecule has 6 rings (SSSR count). The van der Waals surface area contributed by atoms with Crippen LogP contribution in [0.5, 0.6) is 5.75 Å². The molecule has 5 atom stereocenters. The van der Waals surface area contributed by atoms with Gasteiger partial charge in [-0.15, -0.1) is 5.10 Å². The fraction of sp³-hybridized carbons (Fsp3) is 0.364. The maximum absolute atomic E-state index is 14.3. The minimum atomic E-state index is -0.634. The van der Waals surface area contributed by atoms with E-state index >= 15 is 0 Å². The first-order chi connectivity index (χ1) is 14.1. The number of nitrogens with zero attached hydrogens (tertiary/aromatic N) is 4. The Labute approximate surface area is 166 Å². The van der Waals surface area contributed by atoms with Crippen LogP contribution in [0, 0.1) is 29.4 Å². The molecule has 1 aromatic carbocycles. The average Bonchev–Trinajstić information content (AvgIpc) is 2.80. The molecule has 0 N–H and O–H groups in total. The molecule has 2 bridgehead atoms. The summed E-state index contributed by atoms with van der Waals surface area (Å²) < 4.78 is 35.1. The van der Waals surface area contributed by atoms with E-state index < -0.39 is 17.2 Å². The number of fused-ring (bicyclic) bond motifs is 4. The lowest BCUT2D eigenvalue weighted by molar-refractivity contribution is 0.0184. The summed E-state index contributed by atoms with van der Waals surface area (Å²) in [4.78, 5) is 8.11. The molecule has 0 radical (unpaired) electrons. The molecule has 3 unspecified atom stereocenters. The summed E-state index contributed by atoms with van der Waals surface area (Å²) in [5.74, 6) is 0.965. The molecule has 0 saturated heterocycles. The van der Waals surface area contributed by atoms with E-state index in [1.165, 1.54) is 24.5 Å². The van der Waals surface area contributed by atoms with Crippen LogP contribution >= 0.6 is 0 Å². The molecule has 29 heavy (non-hydrogen) atoms. The number of ether oxygens (including phenoxy) is 1. The smallest absolute Gasteiger partial charge is 0.157 e. The van der Waals surface area contributed by atoms with Gasteiger partial charge in [-0.1, -0.05) is 13.0 Å². The van der Waals surface area contributed by atoms with Crippen LogP contribution in [-0.4, -0.2) is 20.2 Å². The predicted molar refractivity (Wildman–Crippen MR) is 99.8 cm³/mol. The van der Waals surface area contributed by atoms with Crippen molar-refractivity contribution in [2.75, 3.05) is 0 Å². The molecule has 5 nitrogen and oxygen atoms in total. The highest BCUT2D eigenvalue weighted by molar-refractivity contribution is 5.62. The molecule has 0 amide bonds. The van der Waals surface area contributed by atoms with Crippen LogP contribution in [0.15, 0.2) is 43.0 Å². The number of benzene rings is 1. The molecule has 7 heteroatoms. The Morgan fingerprint density at radius 2 is 1.83 bits per heavy atom. The summed E-state index contributed by atoms with van der Waals surface area (Å²) in [5.41, 5.74) is 1.29. The van der Waals surface area contributed by atoms with Crippen LogP contribution in [0.4, 0.5) is 8.78 Å². The predicted octanol–water partition coefficient (Wildman–Crippen LogP) is 4.26. The summed E-state index contributed by atoms with van der Waals surface area (Å²) in [6.07, 6.45) is 6.67. The molecule has 2 aromatic heterocycles. The van der Waals surface area contributed by atoms with Gasteiger partial charge >= 0.3 is 0 Å². The van der Waals surface area contributed by atoms with Gasteiger partial charge in [-0.05, 0) is 54.4 Å². The molecule has 0 spiro atoms. The van der Waals surface area contributed by atoms with Gasteiger partial charge in [-0.25, -0.2) is 18.7 Å². The maximum atomic E-state index is 14.3. The van der Waals surface area contributed by atoms with Crippen LogP contribution in [0.2, 0.25) is 0 Å². The molecule has 3 aliphatic carbocycles.